The molecule has 2 fully saturated rings. The molecule has 0 bridgehead atoms. The number of anilines is 1. The van der Waals surface area contributed by atoms with Crippen LogP contribution < -0.4 is 10.1 Å². The first kappa shape index (κ1) is 22.1. The Bertz CT molecular complexity index is 624. The maximum absolute atomic E-state index is 13.0. The van der Waals surface area contributed by atoms with E-state index in [2.05, 4.69) is 17.1 Å². The van der Waals surface area contributed by atoms with Gasteiger partial charge in [-0.25, -0.2) is 0 Å². The number of nitrogens with one attached hydrogen (secondary N) is 1. The number of piperidine rings is 1. The maximum atomic E-state index is 13.0. The van der Waals surface area contributed by atoms with Crippen molar-refractivity contribution in [3.05, 3.63) is 24.3 Å². The van der Waals surface area contributed by atoms with Gasteiger partial charge < -0.3 is 19.7 Å². The topological polar surface area (TPSA) is 50.8 Å². The first-order valence-corrected chi connectivity index (χ1v) is 11.5. The van der Waals surface area contributed by atoms with Gasteiger partial charge in [0.25, 0.3) is 5.91 Å². The molecule has 162 valence electrons. The lowest BCUT2D eigenvalue weighted by Gasteiger charge is -2.38. The van der Waals surface area contributed by atoms with Crippen LogP contribution in [-0.2, 0) is 9.53 Å². The second kappa shape index (κ2) is 11.0. The molecule has 0 aromatic heterocycles. The maximum Gasteiger partial charge on any atom is 0.256 e. The average molecular weight is 403 g/mol. The summed E-state index contributed by atoms with van der Waals surface area (Å²) in [6.07, 6.45) is 8.90. The van der Waals surface area contributed by atoms with E-state index in [-0.39, 0.29) is 5.91 Å². The second-order valence-corrected chi connectivity index (χ2v) is 8.71. The third kappa shape index (κ3) is 6.45. The van der Waals surface area contributed by atoms with E-state index in [4.69, 9.17) is 9.47 Å². The van der Waals surface area contributed by atoms with Crippen LogP contribution in [0.15, 0.2) is 24.3 Å². The van der Waals surface area contributed by atoms with Crippen LogP contribution in [0.25, 0.3) is 0 Å². The van der Waals surface area contributed by atoms with Crippen LogP contribution in [0.4, 0.5) is 5.69 Å². The molecule has 29 heavy (non-hydrogen) atoms. The van der Waals surface area contributed by atoms with Gasteiger partial charge in [0.2, 0.25) is 0 Å². The van der Waals surface area contributed by atoms with E-state index in [9.17, 15) is 4.79 Å². The number of amides is 1. The fraction of sp³-hybridized carbons (Fsp3) is 0.708. The van der Waals surface area contributed by atoms with Gasteiger partial charge in [-0.3, -0.25) is 4.79 Å². The summed E-state index contributed by atoms with van der Waals surface area (Å²) in [5.41, 5.74) is 0.115. The highest BCUT2D eigenvalue weighted by atomic mass is 16.5. The van der Waals surface area contributed by atoms with Crippen molar-refractivity contribution in [3.63, 3.8) is 0 Å². The van der Waals surface area contributed by atoms with Crippen molar-refractivity contribution >= 4 is 11.6 Å². The molecule has 5 nitrogen and oxygen atoms in total. The van der Waals surface area contributed by atoms with Gasteiger partial charge in [0.05, 0.1) is 6.61 Å². The van der Waals surface area contributed by atoms with E-state index in [1.165, 1.54) is 38.8 Å². The molecular weight excluding hydrogens is 364 g/mol. The van der Waals surface area contributed by atoms with Gasteiger partial charge in [0, 0.05) is 18.8 Å². The summed E-state index contributed by atoms with van der Waals surface area (Å²) in [5, 5.41) is 3.07. The standard InChI is InChI=1S/C24H38N2O3/c1-3-29-24(14-7-9-20(2)19-24)23(27)25-21-10-12-22(13-11-21)28-18-8-17-26-15-5-4-6-16-26/h10-13,20H,3-9,14-19H2,1-2H3,(H,25,27)/t20-,24+/m1/s1. The van der Waals surface area contributed by atoms with E-state index in [0.717, 1.165) is 50.3 Å². The molecule has 1 aromatic carbocycles. The fourth-order valence-corrected chi connectivity index (χ4v) is 4.72. The Hall–Kier alpha value is -1.59. The lowest BCUT2D eigenvalue weighted by Crippen LogP contribution is -2.48. The first-order chi connectivity index (χ1) is 14.1. The Morgan fingerprint density at radius 3 is 2.62 bits per heavy atom. The van der Waals surface area contributed by atoms with Gasteiger partial charge in [-0.2, -0.15) is 0 Å². The Morgan fingerprint density at radius 1 is 1.17 bits per heavy atom. The van der Waals surface area contributed by atoms with Crippen molar-refractivity contribution < 1.29 is 14.3 Å². The molecule has 2 atom stereocenters. The number of carbonyl (C=O) groups excluding carboxylic acids is 1. The largest absolute Gasteiger partial charge is 0.494 e. The van der Waals surface area contributed by atoms with Gasteiger partial charge in [0.1, 0.15) is 11.4 Å². The summed E-state index contributed by atoms with van der Waals surface area (Å²) in [4.78, 5) is 15.5. The summed E-state index contributed by atoms with van der Waals surface area (Å²) >= 11 is 0. The predicted molar refractivity (Wildman–Crippen MR) is 117 cm³/mol. The van der Waals surface area contributed by atoms with Crippen molar-refractivity contribution in [1.82, 2.24) is 4.90 Å². The van der Waals surface area contributed by atoms with Gasteiger partial charge in [-0.15, -0.1) is 0 Å². The highest BCUT2D eigenvalue weighted by Gasteiger charge is 2.42. The van der Waals surface area contributed by atoms with E-state index in [1.54, 1.807) is 0 Å². The molecule has 2 aliphatic rings. The molecule has 1 amide bonds. The van der Waals surface area contributed by atoms with Gasteiger partial charge >= 0.3 is 0 Å². The Balaban J connectivity index is 1.45. The SMILES string of the molecule is CCO[C@@]1(C(=O)Nc2ccc(OCCCN3CCCCC3)cc2)CCC[C@@H](C)C1. The highest BCUT2D eigenvalue weighted by Crippen LogP contribution is 2.36. The zero-order valence-electron chi connectivity index (χ0n) is 18.3. The van der Waals surface area contributed by atoms with E-state index in [1.807, 2.05) is 31.2 Å². The number of carbonyl (C=O) groups is 1. The van der Waals surface area contributed by atoms with Crippen molar-refractivity contribution in [2.75, 3.05) is 38.2 Å². The van der Waals surface area contributed by atoms with Crippen LogP contribution in [-0.4, -0.2) is 49.3 Å². The van der Waals surface area contributed by atoms with E-state index >= 15 is 0 Å². The zero-order chi connectivity index (χ0) is 20.5. The molecule has 5 heteroatoms. The third-order valence-electron chi connectivity index (χ3n) is 6.24. The number of ether oxygens (including phenoxy) is 2. The minimum absolute atomic E-state index is 0.0129. The molecule has 1 saturated carbocycles. The number of likely N-dealkylation sites (tertiary alicyclic amines) is 1. The molecule has 1 aromatic rings. The average Bonchev–Trinajstić information content (AvgIpc) is 2.73. The van der Waals surface area contributed by atoms with Gasteiger partial charge in [0.15, 0.2) is 0 Å². The molecule has 0 radical (unpaired) electrons. The normalized spacial score (nSPS) is 25.5. The third-order valence-corrected chi connectivity index (χ3v) is 6.24. The number of nitrogens with zero attached hydrogens (tertiary/aromatic N) is 1. The highest BCUT2D eigenvalue weighted by molar-refractivity contribution is 5.97. The van der Waals surface area contributed by atoms with E-state index < -0.39 is 5.60 Å². The Kier molecular flexibility index (Phi) is 8.37. The number of rotatable bonds is 9. The van der Waals surface area contributed by atoms with Crippen LogP contribution in [0, 0.1) is 5.92 Å². The van der Waals surface area contributed by atoms with Gasteiger partial charge in [-0.05, 0) is 88.7 Å². The quantitative estimate of drug-likeness (QED) is 0.599. The molecule has 1 heterocycles. The van der Waals surface area contributed by atoms with Crippen LogP contribution >= 0.6 is 0 Å². The Morgan fingerprint density at radius 2 is 1.93 bits per heavy atom. The van der Waals surface area contributed by atoms with Crippen molar-refractivity contribution in [1.29, 1.82) is 0 Å². The number of benzene rings is 1. The lowest BCUT2D eigenvalue weighted by atomic mass is 9.78. The lowest BCUT2D eigenvalue weighted by molar-refractivity contribution is -0.147. The number of hydrogen-bond donors (Lipinski definition) is 1. The molecule has 1 saturated heterocycles. The molecule has 0 spiro atoms. The molecule has 3 rings (SSSR count). The summed E-state index contributed by atoms with van der Waals surface area (Å²) in [7, 11) is 0. The van der Waals surface area contributed by atoms with Crippen LogP contribution in [0.5, 0.6) is 5.75 Å². The summed E-state index contributed by atoms with van der Waals surface area (Å²) < 4.78 is 11.9. The minimum atomic E-state index is -0.684. The van der Waals surface area contributed by atoms with Crippen LogP contribution in [0.1, 0.15) is 65.2 Å². The van der Waals surface area contributed by atoms with Crippen LogP contribution in [0.2, 0.25) is 0 Å². The zero-order valence-corrected chi connectivity index (χ0v) is 18.3. The smallest absolute Gasteiger partial charge is 0.256 e. The summed E-state index contributed by atoms with van der Waals surface area (Å²) in [6, 6.07) is 7.72. The van der Waals surface area contributed by atoms with Crippen molar-refractivity contribution in [2.24, 2.45) is 5.92 Å². The number of hydrogen-bond acceptors (Lipinski definition) is 4. The Labute approximate surface area is 176 Å². The van der Waals surface area contributed by atoms with Crippen molar-refractivity contribution in [2.45, 2.75) is 70.8 Å². The molecule has 1 aliphatic carbocycles. The molecule has 1 aliphatic heterocycles. The van der Waals surface area contributed by atoms with E-state index in [0.29, 0.717) is 12.5 Å². The van der Waals surface area contributed by atoms with Gasteiger partial charge in [-0.1, -0.05) is 19.8 Å². The monoisotopic (exact) mass is 402 g/mol. The molecule has 0 unspecified atom stereocenters. The fourth-order valence-electron chi connectivity index (χ4n) is 4.72. The minimum Gasteiger partial charge on any atom is -0.494 e. The van der Waals surface area contributed by atoms with Crippen LogP contribution in [0.3, 0.4) is 0 Å². The first-order valence-electron chi connectivity index (χ1n) is 11.5. The predicted octanol–water partition coefficient (Wildman–Crippen LogP) is 4.87. The summed E-state index contributed by atoms with van der Waals surface area (Å²) in [5.74, 6) is 1.36. The molecule has 1 N–H and O–H groups in total. The van der Waals surface area contributed by atoms with Crippen molar-refractivity contribution in [3.8, 4) is 5.75 Å². The second-order valence-electron chi connectivity index (χ2n) is 8.71. The summed E-state index contributed by atoms with van der Waals surface area (Å²) in [6.45, 7) is 9.04. The molecular formula is C24H38N2O3.